The van der Waals surface area contributed by atoms with E-state index >= 15 is 0 Å². The van der Waals surface area contributed by atoms with Gasteiger partial charge in [0, 0.05) is 5.69 Å². The lowest BCUT2D eigenvalue weighted by Gasteiger charge is -2.10. The third-order valence-electron chi connectivity index (χ3n) is 3.58. The molecule has 0 saturated heterocycles. The van der Waals surface area contributed by atoms with Crippen molar-refractivity contribution in [1.29, 1.82) is 0 Å². The smallest absolute Gasteiger partial charge is 0.338 e. The Morgan fingerprint density at radius 1 is 1.07 bits per heavy atom. The summed E-state index contributed by atoms with van der Waals surface area (Å²) < 4.78 is 10.3. The van der Waals surface area contributed by atoms with E-state index in [1.54, 1.807) is 38.3 Å². The number of nitrogens with zero attached hydrogens (tertiary/aromatic N) is 3. The first kappa shape index (κ1) is 18.1. The van der Waals surface area contributed by atoms with Gasteiger partial charge in [-0.2, -0.15) is 10.1 Å². The first-order chi connectivity index (χ1) is 13.2. The summed E-state index contributed by atoms with van der Waals surface area (Å²) in [5.74, 6) is 1.16. The average molecular weight is 365 g/mol. The van der Waals surface area contributed by atoms with Crippen molar-refractivity contribution in [2.45, 2.75) is 6.92 Å². The molecule has 1 heterocycles. The molecule has 138 valence electrons. The van der Waals surface area contributed by atoms with E-state index < -0.39 is 0 Å². The van der Waals surface area contributed by atoms with Crippen molar-refractivity contribution < 1.29 is 14.3 Å². The first-order valence-corrected chi connectivity index (χ1v) is 8.33. The van der Waals surface area contributed by atoms with E-state index in [1.165, 1.54) is 6.20 Å². The standard InChI is InChI=1S/C19H19N5O3/c1-3-27-18(25)13-8-10-14(11-9-13)21-17-12-20-24-19(23-17)22-15-6-4-5-7-16(15)26-2/h4-12H,3H2,1-2H3,(H2,21,22,23,24). The molecule has 2 N–H and O–H groups in total. The highest BCUT2D eigenvalue weighted by Gasteiger charge is 2.08. The van der Waals surface area contributed by atoms with Gasteiger partial charge in [-0.3, -0.25) is 0 Å². The number of methoxy groups -OCH3 is 1. The number of ether oxygens (including phenoxy) is 2. The monoisotopic (exact) mass is 365 g/mol. The summed E-state index contributed by atoms with van der Waals surface area (Å²) in [5.41, 5.74) is 1.98. The van der Waals surface area contributed by atoms with Crippen molar-refractivity contribution in [3.8, 4) is 5.75 Å². The van der Waals surface area contributed by atoms with E-state index in [0.717, 1.165) is 11.4 Å². The molecule has 0 radical (unpaired) electrons. The topological polar surface area (TPSA) is 98.3 Å². The zero-order chi connectivity index (χ0) is 19.1. The van der Waals surface area contributed by atoms with Crippen LogP contribution in [-0.4, -0.2) is 34.9 Å². The number of carbonyl (C=O) groups is 1. The highest BCUT2D eigenvalue weighted by Crippen LogP contribution is 2.25. The molecule has 0 amide bonds. The molecule has 8 heteroatoms. The highest BCUT2D eigenvalue weighted by molar-refractivity contribution is 5.89. The van der Waals surface area contributed by atoms with Crippen LogP contribution in [0.15, 0.2) is 54.7 Å². The van der Waals surface area contributed by atoms with Crippen molar-refractivity contribution >= 4 is 29.1 Å². The Morgan fingerprint density at radius 2 is 1.85 bits per heavy atom. The molecule has 0 aliphatic carbocycles. The van der Waals surface area contributed by atoms with Crippen LogP contribution in [0.25, 0.3) is 0 Å². The van der Waals surface area contributed by atoms with Crippen LogP contribution in [0.1, 0.15) is 17.3 Å². The van der Waals surface area contributed by atoms with Crippen LogP contribution in [-0.2, 0) is 4.74 Å². The molecule has 0 spiro atoms. The average Bonchev–Trinajstić information content (AvgIpc) is 2.69. The number of benzene rings is 2. The normalized spacial score (nSPS) is 10.1. The number of hydrogen-bond donors (Lipinski definition) is 2. The van der Waals surface area contributed by atoms with Crippen LogP contribution in [0, 0.1) is 0 Å². The van der Waals surface area contributed by atoms with E-state index in [2.05, 4.69) is 25.8 Å². The number of carbonyl (C=O) groups excluding carboxylic acids is 1. The molecule has 0 bridgehead atoms. The maximum absolute atomic E-state index is 11.7. The number of esters is 1. The molecule has 2 aromatic carbocycles. The molecule has 0 fully saturated rings. The van der Waals surface area contributed by atoms with Crippen LogP contribution in [0.5, 0.6) is 5.75 Å². The van der Waals surface area contributed by atoms with Crippen molar-refractivity contribution in [3.63, 3.8) is 0 Å². The van der Waals surface area contributed by atoms with Crippen molar-refractivity contribution in [3.05, 3.63) is 60.3 Å². The fourth-order valence-electron chi connectivity index (χ4n) is 2.34. The minimum absolute atomic E-state index is 0.327. The van der Waals surface area contributed by atoms with E-state index in [-0.39, 0.29) is 5.97 Å². The third-order valence-corrected chi connectivity index (χ3v) is 3.58. The Balaban J connectivity index is 1.71. The summed E-state index contributed by atoms with van der Waals surface area (Å²) >= 11 is 0. The predicted octanol–water partition coefficient (Wildman–Crippen LogP) is 3.54. The second-order valence-electron chi connectivity index (χ2n) is 5.41. The molecule has 0 atom stereocenters. The van der Waals surface area contributed by atoms with Gasteiger partial charge >= 0.3 is 5.97 Å². The van der Waals surface area contributed by atoms with Gasteiger partial charge in [-0.15, -0.1) is 5.10 Å². The lowest BCUT2D eigenvalue weighted by Crippen LogP contribution is -2.05. The minimum Gasteiger partial charge on any atom is -0.495 e. The van der Waals surface area contributed by atoms with Crippen molar-refractivity contribution in [1.82, 2.24) is 15.2 Å². The minimum atomic E-state index is -0.351. The van der Waals surface area contributed by atoms with Gasteiger partial charge in [0.2, 0.25) is 5.95 Å². The summed E-state index contributed by atoms with van der Waals surface area (Å²) in [6.45, 7) is 2.11. The van der Waals surface area contributed by atoms with Gasteiger partial charge in [-0.1, -0.05) is 12.1 Å². The third kappa shape index (κ3) is 4.69. The maximum Gasteiger partial charge on any atom is 0.338 e. The van der Waals surface area contributed by atoms with Gasteiger partial charge in [-0.25, -0.2) is 4.79 Å². The number of aromatic nitrogens is 3. The summed E-state index contributed by atoms with van der Waals surface area (Å²) in [5, 5.41) is 14.1. The molecule has 3 aromatic rings. The van der Waals surface area contributed by atoms with Gasteiger partial charge in [0.1, 0.15) is 5.75 Å². The Kier molecular flexibility index (Phi) is 5.78. The molecular weight excluding hydrogens is 346 g/mol. The quantitative estimate of drug-likeness (QED) is 0.614. The van der Waals surface area contributed by atoms with E-state index in [9.17, 15) is 4.79 Å². The maximum atomic E-state index is 11.7. The van der Waals surface area contributed by atoms with Crippen LogP contribution in [0.2, 0.25) is 0 Å². The second kappa shape index (κ2) is 8.61. The van der Waals surface area contributed by atoms with Gasteiger partial charge in [0.05, 0.1) is 31.2 Å². The van der Waals surface area contributed by atoms with Crippen LogP contribution >= 0.6 is 0 Å². The number of para-hydroxylation sites is 2. The molecule has 27 heavy (non-hydrogen) atoms. The molecule has 1 aromatic heterocycles. The predicted molar refractivity (Wildman–Crippen MR) is 102 cm³/mol. The molecule has 0 saturated carbocycles. The van der Waals surface area contributed by atoms with Crippen molar-refractivity contribution in [2.75, 3.05) is 24.4 Å². The first-order valence-electron chi connectivity index (χ1n) is 8.33. The molecule has 0 aliphatic rings. The van der Waals surface area contributed by atoms with Crippen LogP contribution < -0.4 is 15.4 Å². The molecular formula is C19H19N5O3. The number of nitrogens with one attached hydrogen (secondary N) is 2. The Morgan fingerprint density at radius 3 is 2.59 bits per heavy atom. The summed E-state index contributed by atoms with van der Waals surface area (Å²) in [7, 11) is 1.59. The van der Waals surface area contributed by atoms with Gasteiger partial charge in [0.15, 0.2) is 5.82 Å². The Bertz CT molecular complexity index is 915. The van der Waals surface area contributed by atoms with Crippen molar-refractivity contribution in [2.24, 2.45) is 0 Å². The summed E-state index contributed by atoms with van der Waals surface area (Å²) in [6, 6.07) is 14.3. The van der Waals surface area contributed by atoms with Gasteiger partial charge in [-0.05, 0) is 43.3 Å². The number of rotatable bonds is 7. The molecule has 3 rings (SSSR count). The van der Waals surface area contributed by atoms with Crippen LogP contribution in [0.3, 0.4) is 0 Å². The lowest BCUT2D eigenvalue weighted by atomic mass is 10.2. The fraction of sp³-hybridized carbons (Fsp3) is 0.158. The highest BCUT2D eigenvalue weighted by atomic mass is 16.5. The largest absolute Gasteiger partial charge is 0.495 e. The Hall–Kier alpha value is -3.68. The van der Waals surface area contributed by atoms with E-state index in [0.29, 0.717) is 29.7 Å². The Labute approximate surface area is 156 Å². The number of anilines is 4. The molecule has 0 aliphatic heterocycles. The van der Waals surface area contributed by atoms with Gasteiger partial charge < -0.3 is 20.1 Å². The van der Waals surface area contributed by atoms with E-state index in [4.69, 9.17) is 9.47 Å². The zero-order valence-electron chi connectivity index (χ0n) is 15.0. The zero-order valence-corrected chi connectivity index (χ0v) is 15.0. The molecule has 8 nitrogen and oxygen atoms in total. The lowest BCUT2D eigenvalue weighted by molar-refractivity contribution is 0.0526. The SMILES string of the molecule is CCOC(=O)c1ccc(Nc2cnnc(Nc3ccccc3OC)n2)cc1. The summed E-state index contributed by atoms with van der Waals surface area (Å²) in [4.78, 5) is 16.1. The molecule has 0 unspecified atom stereocenters. The summed E-state index contributed by atoms with van der Waals surface area (Å²) in [6.07, 6.45) is 1.51. The van der Waals surface area contributed by atoms with Crippen LogP contribution in [0.4, 0.5) is 23.1 Å². The van der Waals surface area contributed by atoms with E-state index in [1.807, 2.05) is 24.3 Å². The fourth-order valence-corrected chi connectivity index (χ4v) is 2.34. The second-order valence-corrected chi connectivity index (χ2v) is 5.41. The van der Waals surface area contributed by atoms with Gasteiger partial charge in [0.25, 0.3) is 0 Å². The number of hydrogen-bond acceptors (Lipinski definition) is 8.